The predicted octanol–water partition coefficient (Wildman–Crippen LogP) is 1.25. The summed E-state index contributed by atoms with van der Waals surface area (Å²) in [7, 11) is 0. The van der Waals surface area contributed by atoms with Crippen LogP contribution in [-0.2, 0) is 4.79 Å². The molecule has 0 heterocycles. The Labute approximate surface area is 85.0 Å². The lowest BCUT2D eigenvalue weighted by Crippen LogP contribution is -2.22. The number of carbonyl (C=O) groups excluding carboxylic acids is 1. The van der Waals surface area contributed by atoms with Gasteiger partial charge < -0.3 is 5.32 Å². The van der Waals surface area contributed by atoms with Crippen molar-refractivity contribution in [2.75, 3.05) is 18.6 Å². The molecule has 1 amide bonds. The fourth-order valence-electron chi connectivity index (χ4n) is 0.506. The zero-order valence-electron chi connectivity index (χ0n) is 6.32. The summed E-state index contributed by atoms with van der Waals surface area (Å²) in [6.45, 7) is 0.727. The molecule has 0 fully saturated rings. The van der Waals surface area contributed by atoms with Gasteiger partial charge in [-0.2, -0.15) is 11.8 Å². The Hall–Kier alpha value is 0.110. The molecule has 0 aliphatic rings. The maximum Gasteiger partial charge on any atom is 0.296 e. The Kier molecular flexibility index (Phi) is 8.29. The quantitative estimate of drug-likeness (QED) is 0.478. The highest BCUT2D eigenvalue weighted by molar-refractivity contribution is 14.1. The first-order valence-electron chi connectivity index (χ1n) is 3.19. The van der Waals surface area contributed by atoms with Crippen LogP contribution in [-0.4, -0.2) is 24.5 Å². The van der Waals surface area contributed by atoms with Crippen molar-refractivity contribution in [2.24, 2.45) is 0 Å². The van der Waals surface area contributed by atoms with Gasteiger partial charge in [0.2, 0.25) is 0 Å². The molecule has 0 aromatic rings. The Balaban J connectivity index is 3.22. The molecule has 1 N–H and O–H groups in total. The SMILES string of the molecule is CSCCCNC(=O)C#CI. The second-order valence-electron chi connectivity index (χ2n) is 1.82. The lowest BCUT2D eigenvalue weighted by molar-refractivity contribution is -0.115. The summed E-state index contributed by atoms with van der Waals surface area (Å²) in [4.78, 5) is 10.7. The van der Waals surface area contributed by atoms with Crippen molar-refractivity contribution in [3.63, 3.8) is 0 Å². The molecule has 2 nitrogen and oxygen atoms in total. The fourth-order valence-corrected chi connectivity index (χ4v) is 1.18. The highest BCUT2D eigenvalue weighted by Gasteiger charge is 1.92. The largest absolute Gasteiger partial charge is 0.345 e. The smallest absolute Gasteiger partial charge is 0.296 e. The van der Waals surface area contributed by atoms with Gasteiger partial charge in [0, 0.05) is 35.1 Å². The Bertz CT molecular complexity index is 173. The Morgan fingerprint density at radius 3 is 3.00 bits per heavy atom. The molecule has 0 aliphatic heterocycles. The predicted molar refractivity (Wildman–Crippen MR) is 57.8 cm³/mol. The van der Waals surface area contributed by atoms with Gasteiger partial charge in [0.1, 0.15) is 0 Å². The maximum absolute atomic E-state index is 10.7. The topological polar surface area (TPSA) is 29.1 Å². The van der Waals surface area contributed by atoms with Crippen LogP contribution in [0.3, 0.4) is 0 Å². The van der Waals surface area contributed by atoms with E-state index in [-0.39, 0.29) is 5.91 Å². The zero-order valence-corrected chi connectivity index (χ0v) is 9.29. The zero-order chi connectivity index (χ0) is 8.53. The minimum absolute atomic E-state index is 0.180. The molecule has 0 aromatic carbocycles. The summed E-state index contributed by atoms with van der Waals surface area (Å²) in [5.74, 6) is 3.30. The highest BCUT2D eigenvalue weighted by Crippen LogP contribution is 1.92. The van der Waals surface area contributed by atoms with Crippen LogP contribution >= 0.6 is 34.4 Å². The van der Waals surface area contributed by atoms with Crippen LogP contribution in [0, 0.1) is 9.85 Å². The molecular weight excluding hydrogens is 273 g/mol. The van der Waals surface area contributed by atoms with Crippen LogP contribution < -0.4 is 5.32 Å². The molecule has 0 rings (SSSR count). The number of carbonyl (C=O) groups is 1. The van der Waals surface area contributed by atoms with Gasteiger partial charge in [-0.15, -0.1) is 0 Å². The Morgan fingerprint density at radius 2 is 2.45 bits per heavy atom. The van der Waals surface area contributed by atoms with Gasteiger partial charge in [0.15, 0.2) is 0 Å². The first kappa shape index (κ1) is 11.1. The minimum atomic E-state index is -0.180. The van der Waals surface area contributed by atoms with Crippen molar-refractivity contribution in [3.05, 3.63) is 0 Å². The van der Waals surface area contributed by atoms with Crippen LogP contribution in [0.15, 0.2) is 0 Å². The van der Waals surface area contributed by atoms with Gasteiger partial charge in [-0.3, -0.25) is 4.79 Å². The summed E-state index contributed by atoms with van der Waals surface area (Å²) < 4.78 is 2.51. The van der Waals surface area contributed by atoms with Gasteiger partial charge in [-0.05, 0) is 22.4 Å². The van der Waals surface area contributed by atoms with Crippen molar-refractivity contribution in [1.29, 1.82) is 0 Å². The lowest BCUT2D eigenvalue weighted by Gasteiger charge is -1.97. The molecule has 0 aromatic heterocycles. The van der Waals surface area contributed by atoms with E-state index in [0.29, 0.717) is 0 Å². The second-order valence-corrected chi connectivity index (χ2v) is 3.35. The number of halogens is 1. The first-order chi connectivity index (χ1) is 5.31. The second kappa shape index (κ2) is 8.21. The maximum atomic E-state index is 10.7. The number of rotatable bonds is 4. The lowest BCUT2D eigenvalue weighted by atomic mass is 10.4. The van der Waals surface area contributed by atoms with E-state index < -0.39 is 0 Å². The van der Waals surface area contributed by atoms with Crippen LogP contribution in [0.25, 0.3) is 0 Å². The molecule has 0 saturated heterocycles. The van der Waals surface area contributed by atoms with Gasteiger partial charge in [0.25, 0.3) is 5.91 Å². The van der Waals surface area contributed by atoms with E-state index >= 15 is 0 Å². The van der Waals surface area contributed by atoms with Gasteiger partial charge >= 0.3 is 0 Å². The molecular formula is C7H10INOS. The van der Waals surface area contributed by atoms with E-state index in [0.717, 1.165) is 18.7 Å². The van der Waals surface area contributed by atoms with Crippen LogP contribution in [0.2, 0.25) is 0 Å². The van der Waals surface area contributed by atoms with Crippen LogP contribution in [0.4, 0.5) is 0 Å². The number of thioether (sulfide) groups is 1. The third-order valence-electron chi connectivity index (χ3n) is 0.972. The number of nitrogens with one attached hydrogen (secondary N) is 1. The third-order valence-corrected chi connectivity index (χ3v) is 1.94. The Morgan fingerprint density at radius 1 is 1.73 bits per heavy atom. The summed E-state index contributed by atoms with van der Waals surface area (Å²) in [5, 5.41) is 2.69. The van der Waals surface area contributed by atoms with Crippen molar-refractivity contribution in [2.45, 2.75) is 6.42 Å². The summed E-state index contributed by atoms with van der Waals surface area (Å²) in [6.07, 6.45) is 3.06. The molecule has 0 atom stereocenters. The van der Waals surface area contributed by atoms with E-state index in [2.05, 4.69) is 15.2 Å². The average Bonchev–Trinajstić information content (AvgIpc) is 1.99. The molecule has 0 bridgehead atoms. The number of hydrogen-bond donors (Lipinski definition) is 1. The summed E-state index contributed by atoms with van der Waals surface area (Å²) in [6, 6.07) is 0. The molecule has 0 aliphatic carbocycles. The molecule has 0 unspecified atom stereocenters. The van der Waals surface area contributed by atoms with Gasteiger partial charge in [-0.1, -0.05) is 0 Å². The van der Waals surface area contributed by atoms with E-state index in [1.807, 2.05) is 28.8 Å². The van der Waals surface area contributed by atoms with Crippen LogP contribution in [0.5, 0.6) is 0 Å². The van der Waals surface area contributed by atoms with Crippen molar-refractivity contribution in [3.8, 4) is 9.85 Å². The van der Waals surface area contributed by atoms with E-state index in [1.54, 1.807) is 11.8 Å². The number of hydrogen-bond acceptors (Lipinski definition) is 2. The standard InChI is InChI=1S/C7H10INOS/c1-11-6-2-5-9-7(10)3-4-8/h2,5-6H2,1H3,(H,9,10). The molecule has 62 valence electrons. The normalized spacial score (nSPS) is 8.18. The molecule has 11 heavy (non-hydrogen) atoms. The summed E-state index contributed by atoms with van der Waals surface area (Å²) in [5.41, 5.74) is 0. The average molecular weight is 283 g/mol. The molecule has 0 saturated carbocycles. The monoisotopic (exact) mass is 283 g/mol. The molecule has 4 heteroatoms. The van der Waals surface area contributed by atoms with Gasteiger partial charge in [0.05, 0.1) is 0 Å². The van der Waals surface area contributed by atoms with E-state index in [9.17, 15) is 4.79 Å². The van der Waals surface area contributed by atoms with E-state index in [4.69, 9.17) is 0 Å². The highest BCUT2D eigenvalue weighted by atomic mass is 127. The molecule has 0 radical (unpaired) electrons. The first-order valence-corrected chi connectivity index (χ1v) is 5.67. The fraction of sp³-hybridized carbons (Fsp3) is 0.571. The van der Waals surface area contributed by atoms with Crippen molar-refractivity contribution in [1.82, 2.24) is 5.32 Å². The van der Waals surface area contributed by atoms with Gasteiger partial charge in [-0.25, -0.2) is 0 Å². The molecule has 0 spiro atoms. The third kappa shape index (κ3) is 8.01. The van der Waals surface area contributed by atoms with Crippen molar-refractivity contribution >= 4 is 40.3 Å². The van der Waals surface area contributed by atoms with E-state index in [1.165, 1.54) is 0 Å². The number of amides is 1. The van der Waals surface area contributed by atoms with Crippen molar-refractivity contribution < 1.29 is 4.79 Å². The summed E-state index contributed by atoms with van der Waals surface area (Å²) >= 11 is 3.62. The minimum Gasteiger partial charge on any atom is -0.345 e. The van der Waals surface area contributed by atoms with Crippen LogP contribution in [0.1, 0.15) is 6.42 Å².